The molecule has 0 saturated carbocycles. The Labute approximate surface area is 142 Å². The number of nitrogens with zero attached hydrogens (tertiary/aromatic N) is 2. The second-order valence-corrected chi connectivity index (χ2v) is 7.24. The Balaban J connectivity index is 1.30. The van der Waals surface area contributed by atoms with Crippen LogP contribution in [0.2, 0.25) is 0 Å². The van der Waals surface area contributed by atoms with Crippen molar-refractivity contribution in [2.45, 2.75) is 12.8 Å². The molecule has 2 aliphatic heterocycles. The first-order chi connectivity index (χ1) is 11.7. The number of benzene rings is 1. The normalized spacial score (nSPS) is 26.8. The molecule has 2 saturated heterocycles. The number of hydrogen-bond acceptors (Lipinski definition) is 4. The molecule has 2 atom stereocenters. The van der Waals surface area contributed by atoms with Gasteiger partial charge >= 0.3 is 0 Å². The Bertz CT molecular complexity index is 709. The number of H-pyrrole nitrogens is 1. The Hall–Kier alpha value is -1.92. The number of rotatable bonds is 5. The molecule has 6 nitrogen and oxygen atoms in total. The molecule has 0 bridgehead atoms. The fraction of sp³-hybridized carbons (Fsp3) is 0.556. The summed E-state index contributed by atoms with van der Waals surface area (Å²) in [7, 11) is 2.11. The van der Waals surface area contributed by atoms with Gasteiger partial charge in [0.2, 0.25) is 5.91 Å². The first-order valence-electron chi connectivity index (χ1n) is 8.78. The van der Waals surface area contributed by atoms with E-state index in [1.165, 1.54) is 0 Å². The fourth-order valence-electron chi connectivity index (χ4n) is 4.25. The van der Waals surface area contributed by atoms with E-state index < -0.39 is 0 Å². The quantitative estimate of drug-likeness (QED) is 0.709. The zero-order chi connectivity index (χ0) is 16.6. The van der Waals surface area contributed by atoms with Gasteiger partial charge in [-0.25, -0.2) is 4.98 Å². The van der Waals surface area contributed by atoms with Crippen LogP contribution in [-0.4, -0.2) is 60.5 Å². The third-order valence-electron chi connectivity index (χ3n) is 5.46. The van der Waals surface area contributed by atoms with Gasteiger partial charge in [-0.3, -0.25) is 4.79 Å². The molecule has 4 rings (SSSR count). The number of aromatic nitrogens is 2. The van der Waals surface area contributed by atoms with Crippen molar-refractivity contribution in [2.24, 2.45) is 11.3 Å². The molecule has 2 aromatic rings. The fourth-order valence-corrected chi connectivity index (χ4v) is 4.25. The van der Waals surface area contributed by atoms with Crippen LogP contribution in [0.4, 0.5) is 0 Å². The lowest BCUT2D eigenvalue weighted by Gasteiger charge is -2.26. The first-order valence-corrected chi connectivity index (χ1v) is 8.78. The highest BCUT2D eigenvalue weighted by molar-refractivity contribution is 5.84. The summed E-state index contributed by atoms with van der Waals surface area (Å²) in [6.07, 6.45) is 1.75. The summed E-state index contributed by atoms with van der Waals surface area (Å²) in [6.45, 7) is 4.34. The first kappa shape index (κ1) is 15.6. The molecular weight excluding hydrogens is 302 g/mol. The number of likely N-dealkylation sites (tertiary alicyclic amines) is 1. The van der Waals surface area contributed by atoms with Gasteiger partial charge < -0.3 is 20.5 Å². The zero-order valence-electron chi connectivity index (χ0n) is 14.1. The van der Waals surface area contributed by atoms with Gasteiger partial charge in [-0.15, -0.1) is 0 Å². The Morgan fingerprint density at radius 2 is 2.33 bits per heavy atom. The molecule has 0 radical (unpaired) electrons. The Kier molecular flexibility index (Phi) is 4.02. The van der Waals surface area contributed by atoms with Crippen molar-refractivity contribution in [1.29, 1.82) is 0 Å². The number of para-hydroxylation sites is 2. The van der Waals surface area contributed by atoms with E-state index in [0.29, 0.717) is 12.5 Å². The van der Waals surface area contributed by atoms with Gasteiger partial charge in [-0.1, -0.05) is 12.1 Å². The smallest absolute Gasteiger partial charge is 0.229 e. The molecule has 1 amide bonds. The summed E-state index contributed by atoms with van der Waals surface area (Å²) in [5.41, 5.74) is 1.85. The molecule has 6 heteroatoms. The second kappa shape index (κ2) is 6.18. The van der Waals surface area contributed by atoms with Crippen molar-refractivity contribution < 1.29 is 4.79 Å². The summed E-state index contributed by atoms with van der Waals surface area (Å²) in [4.78, 5) is 22.9. The number of fused-ring (bicyclic) bond motifs is 2. The average molecular weight is 327 g/mol. The van der Waals surface area contributed by atoms with Crippen LogP contribution in [0.15, 0.2) is 24.3 Å². The summed E-state index contributed by atoms with van der Waals surface area (Å²) in [5.74, 6) is 1.65. The van der Waals surface area contributed by atoms with E-state index >= 15 is 0 Å². The maximum absolute atomic E-state index is 12.7. The molecule has 128 valence electrons. The third-order valence-corrected chi connectivity index (χ3v) is 5.46. The topological polar surface area (TPSA) is 73.1 Å². The second-order valence-electron chi connectivity index (χ2n) is 7.24. The highest BCUT2D eigenvalue weighted by atomic mass is 16.2. The molecular formula is C18H25N5O. The highest BCUT2D eigenvalue weighted by Crippen LogP contribution is 2.38. The summed E-state index contributed by atoms with van der Waals surface area (Å²) >= 11 is 0. The van der Waals surface area contributed by atoms with Gasteiger partial charge in [-0.2, -0.15) is 0 Å². The van der Waals surface area contributed by atoms with E-state index in [0.717, 1.165) is 55.9 Å². The molecule has 3 heterocycles. The van der Waals surface area contributed by atoms with E-state index in [1.54, 1.807) is 0 Å². The summed E-state index contributed by atoms with van der Waals surface area (Å²) in [5, 5.41) is 6.56. The van der Waals surface area contributed by atoms with Gasteiger partial charge in [0.05, 0.1) is 16.4 Å². The van der Waals surface area contributed by atoms with E-state index in [9.17, 15) is 4.79 Å². The van der Waals surface area contributed by atoms with Crippen LogP contribution >= 0.6 is 0 Å². The molecule has 2 fully saturated rings. The number of imidazole rings is 1. The minimum Gasteiger partial charge on any atom is -0.356 e. The lowest BCUT2D eigenvalue weighted by Crippen LogP contribution is -2.47. The molecule has 0 unspecified atom stereocenters. The van der Waals surface area contributed by atoms with Gasteiger partial charge in [0, 0.05) is 45.1 Å². The van der Waals surface area contributed by atoms with Crippen LogP contribution in [-0.2, 0) is 11.2 Å². The number of aryl methyl sites for hydroxylation is 1. The Morgan fingerprint density at radius 1 is 1.46 bits per heavy atom. The number of aromatic amines is 1. The predicted molar refractivity (Wildman–Crippen MR) is 93.7 cm³/mol. The van der Waals surface area contributed by atoms with Crippen LogP contribution in [0.5, 0.6) is 0 Å². The summed E-state index contributed by atoms with van der Waals surface area (Å²) in [6, 6.07) is 8.06. The zero-order valence-corrected chi connectivity index (χ0v) is 14.1. The lowest BCUT2D eigenvalue weighted by atomic mass is 9.80. The van der Waals surface area contributed by atoms with Crippen molar-refractivity contribution in [3.63, 3.8) is 0 Å². The molecule has 1 aromatic heterocycles. The van der Waals surface area contributed by atoms with Crippen molar-refractivity contribution in [2.75, 3.05) is 39.8 Å². The van der Waals surface area contributed by atoms with E-state index in [4.69, 9.17) is 0 Å². The number of carbonyl (C=O) groups excluding carboxylic acids is 1. The number of amides is 1. The van der Waals surface area contributed by atoms with Gasteiger partial charge in [0.25, 0.3) is 0 Å². The minimum absolute atomic E-state index is 0.214. The number of nitrogens with one attached hydrogen (secondary N) is 3. The highest BCUT2D eigenvalue weighted by Gasteiger charge is 2.53. The maximum Gasteiger partial charge on any atom is 0.229 e. The molecule has 24 heavy (non-hydrogen) atoms. The van der Waals surface area contributed by atoms with Crippen LogP contribution in [0, 0.1) is 11.3 Å². The van der Waals surface area contributed by atoms with Crippen molar-refractivity contribution in [1.82, 2.24) is 25.5 Å². The van der Waals surface area contributed by atoms with E-state index in [-0.39, 0.29) is 11.3 Å². The van der Waals surface area contributed by atoms with Gasteiger partial charge in [0.15, 0.2) is 0 Å². The third kappa shape index (κ3) is 2.70. The monoisotopic (exact) mass is 327 g/mol. The molecule has 3 N–H and O–H groups in total. The maximum atomic E-state index is 12.7. The minimum atomic E-state index is -0.228. The van der Waals surface area contributed by atoms with Crippen LogP contribution < -0.4 is 10.6 Å². The van der Waals surface area contributed by atoms with Crippen LogP contribution in [0.3, 0.4) is 0 Å². The molecule has 0 aliphatic carbocycles. The van der Waals surface area contributed by atoms with Crippen molar-refractivity contribution >= 4 is 16.9 Å². The van der Waals surface area contributed by atoms with Crippen LogP contribution in [0.25, 0.3) is 11.0 Å². The van der Waals surface area contributed by atoms with Gasteiger partial charge in [-0.05, 0) is 25.6 Å². The van der Waals surface area contributed by atoms with Crippen LogP contribution in [0.1, 0.15) is 12.2 Å². The van der Waals surface area contributed by atoms with Crippen molar-refractivity contribution in [3.05, 3.63) is 30.1 Å². The van der Waals surface area contributed by atoms with E-state index in [1.807, 2.05) is 24.3 Å². The molecule has 0 spiro atoms. The average Bonchev–Trinajstić information content (AvgIpc) is 3.22. The largest absolute Gasteiger partial charge is 0.356 e. The van der Waals surface area contributed by atoms with Crippen molar-refractivity contribution in [3.8, 4) is 0 Å². The van der Waals surface area contributed by atoms with E-state index in [2.05, 4.69) is 32.5 Å². The standard InChI is InChI=1S/C18H25N5O/c1-23-10-13-9-19-11-18(13,12-23)17(24)20-8-4-7-16-21-14-5-2-3-6-15(14)22-16/h2-3,5-6,13,19H,4,7-12H2,1H3,(H,20,24)(H,21,22)/t13-,18-/m1/s1. The number of carbonyl (C=O) groups is 1. The molecule has 1 aromatic carbocycles. The summed E-state index contributed by atoms with van der Waals surface area (Å²) < 4.78 is 0. The Morgan fingerprint density at radius 3 is 3.21 bits per heavy atom. The van der Waals surface area contributed by atoms with Gasteiger partial charge in [0.1, 0.15) is 5.82 Å². The SMILES string of the molecule is CN1C[C@H]2CNC[C@@]2(C(=O)NCCCc2nc3ccccc3[nH]2)C1. The molecule has 2 aliphatic rings. The number of hydrogen-bond donors (Lipinski definition) is 3. The lowest BCUT2D eigenvalue weighted by molar-refractivity contribution is -0.130. The predicted octanol–water partition coefficient (Wildman–Crippen LogP) is 0.763.